The summed E-state index contributed by atoms with van der Waals surface area (Å²) in [6.07, 6.45) is -10.3. The summed E-state index contributed by atoms with van der Waals surface area (Å²) in [5.41, 5.74) is -1.68. The molecule has 20 nitrogen and oxygen atoms in total. The van der Waals surface area contributed by atoms with E-state index >= 15 is 0 Å². The number of carbonyl (C=O) groups is 2. The Morgan fingerprint density at radius 2 is 1.44 bits per heavy atom. The number of amides is 2. The number of aromatic nitrogens is 2. The van der Waals surface area contributed by atoms with Gasteiger partial charge in [-0.2, -0.15) is 0 Å². The van der Waals surface area contributed by atoms with E-state index in [-0.39, 0.29) is 0 Å². The lowest BCUT2D eigenvalue weighted by Gasteiger charge is -2.47. The normalized spacial score (nSPS) is 35.1. The Balaban J connectivity index is 1.48. The van der Waals surface area contributed by atoms with Gasteiger partial charge in [0.05, 0.1) is 18.8 Å². The third kappa shape index (κ3) is 12.4. The second-order valence-corrected chi connectivity index (χ2v) is 15.4. The van der Waals surface area contributed by atoms with Crippen molar-refractivity contribution in [3.05, 3.63) is 45.3 Å². The number of ether oxygens (including phenoxy) is 4. The van der Waals surface area contributed by atoms with Crippen molar-refractivity contribution in [2.45, 2.75) is 170 Å². The predicted molar refractivity (Wildman–Crippen MR) is 198 cm³/mol. The van der Waals surface area contributed by atoms with Crippen LogP contribution in [0, 0.1) is 5.92 Å². The summed E-state index contributed by atoms with van der Waals surface area (Å²) < 4.78 is 24.1. The fraction of sp³-hybridized carbons (Fsp3) is 0.784. The lowest BCUT2D eigenvalue weighted by atomic mass is 9.91. The molecule has 0 unspecified atom stereocenters. The first-order valence-corrected chi connectivity index (χ1v) is 19.6. The van der Waals surface area contributed by atoms with Crippen molar-refractivity contribution in [2.24, 2.45) is 5.92 Å². The van der Waals surface area contributed by atoms with Gasteiger partial charge >= 0.3 is 5.69 Å². The highest BCUT2D eigenvalue weighted by molar-refractivity contribution is 5.87. The zero-order valence-corrected chi connectivity index (χ0v) is 32.4. The summed E-state index contributed by atoms with van der Waals surface area (Å²) in [6, 6.07) is -2.01. The molecule has 57 heavy (non-hydrogen) atoms. The van der Waals surface area contributed by atoms with Gasteiger partial charge in [-0.05, 0) is 24.8 Å². The van der Waals surface area contributed by atoms with E-state index in [1.165, 1.54) is 25.3 Å². The molecule has 0 aliphatic carbocycles. The number of hydrogen-bond donors (Lipinski definition) is 11. The second kappa shape index (κ2) is 21.8. The van der Waals surface area contributed by atoms with Gasteiger partial charge in [0.1, 0.15) is 60.9 Å². The van der Waals surface area contributed by atoms with Gasteiger partial charge in [-0.1, -0.05) is 58.4 Å². The average Bonchev–Trinajstić information content (AvgIpc) is 3.45. The smallest absolute Gasteiger partial charge is 0.330 e. The van der Waals surface area contributed by atoms with E-state index in [2.05, 4.69) is 24.5 Å². The molecule has 3 saturated heterocycles. The molecule has 0 spiro atoms. The van der Waals surface area contributed by atoms with Gasteiger partial charge in [0.2, 0.25) is 11.8 Å². The Kier molecular flexibility index (Phi) is 17.8. The van der Waals surface area contributed by atoms with Crippen LogP contribution in [0.5, 0.6) is 0 Å². The Bertz CT molecular complexity index is 1570. The molecule has 0 bridgehead atoms. The van der Waals surface area contributed by atoms with E-state index in [0.29, 0.717) is 12.3 Å². The molecule has 4 heterocycles. The monoisotopic (exact) mass is 816 g/mol. The molecular formula is C37H60N4O16. The maximum atomic E-state index is 13.1. The molecule has 11 N–H and O–H groups in total. The number of unbranched alkanes of at least 4 members (excludes halogenated alkanes) is 6. The standard InChI is InChI=1S/C37H60N4O16/c1-18(2)12-10-8-6-4-5-7-9-11-13-23(45)39-26-30(50)27(47)21(54-36(26)57-35-25(38-19(3)43)29(49)28(48)22(17-42)55-35)16-20(44)33-31(51)32(52)34(56-33)41-15-14-24(46)40-37(41)53/h11,13-15,18,20-22,25-36,42,44,47-52H,4-10,12,16-17H2,1-3H3,(H,38,43)(H,39,45)(H,40,46,53)/t20-,21-,22+,25+,26-,27+,28+,29+,30-,31+,32-,33-,34-,35+,36+/m1/s1. The maximum Gasteiger partial charge on any atom is 0.330 e. The minimum atomic E-state index is -1.85. The van der Waals surface area contributed by atoms with E-state index in [1.54, 1.807) is 6.08 Å². The van der Waals surface area contributed by atoms with Crippen molar-refractivity contribution in [3.8, 4) is 0 Å². The number of hydrogen-bond acceptors (Lipinski definition) is 16. The molecule has 324 valence electrons. The number of aliphatic hydroxyl groups is 8. The topological polar surface area (TPSA) is 312 Å². The molecule has 2 amide bonds. The first-order chi connectivity index (χ1) is 27.0. The Hall–Kier alpha value is -3.12. The number of carbonyl (C=O) groups excluding carboxylic acids is 2. The number of nitrogens with one attached hydrogen (secondary N) is 3. The van der Waals surface area contributed by atoms with Crippen LogP contribution in [0.2, 0.25) is 0 Å². The minimum Gasteiger partial charge on any atom is -0.394 e. The molecule has 0 aromatic carbocycles. The van der Waals surface area contributed by atoms with Crippen LogP contribution in [0.1, 0.15) is 84.8 Å². The van der Waals surface area contributed by atoms with Gasteiger partial charge in [-0.25, -0.2) is 4.79 Å². The van der Waals surface area contributed by atoms with Gasteiger partial charge < -0.3 is 70.4 Å². The van der Waals surface area contributed by atoms with Crippen molar-refractivity contribution in [1.82, 2.24) is 20.2 Å². The van der Waals surface area contributed by atoms with Crippen LogP contribution in [-0.4, -0.2) is 155 Å². The maximum absolute atomic E-state index is 13.1. The summed E-state index contributed by atoms with van der Waals surface area (Å²) in [5.74, 6) is -0.665. The summed E-state index contributed by atoms with van der Waals surface area (Å²) >= 11 is 0. The van der Waals surface area contributed by atoms with Gasteiger partial charge in [0, 0.05) is 25.6 Å². The minimum absolute atomic E-state index is 0.598. The van der Waals surface area contributed by atoms with Crippen LogP contribution >= 0.6 is 0 Å². The first kappa shape index (κ1) is 46.6. The van der Waals surface area contributed by atoms with Gasteiger partial charge in [-0.15, -0.1) is 0 Å². The van der Waals surface area contributed by atoms with Crippen molar-refractivity contribution in [2.75, 3.05) is 6.61 Å². The van der Waals surface area contributed by atoms with Crippen molar-refractivity contribution in [3.63, 3.8) is 0 Å². The molecule has 3 fully saturated rings. The van der Waals surface area contributed by atoms with Crippen LogP contribution < -0.4 is 21.9 Å². The second-order valence-electron chi connectivity index (χ2n) is 15.4. The number of rotatable bonds is 19. The number of allylic oxidation sites excluding steroid dienone is 1. The highest BCUT2D eigenvalue weighted by Crippen LogP contribution is 2.34. The highest BCUT2D eigenvalue weighted by atomic mass is 16.8. The quantitative estimate of drug-likeness (QED) is 0.0494. The largest absolute Gasteiger partial charge is 0.394 e. The molecular weight excluding hydrogens is 756 g/mol. The van der Waals surface area contributed by atoms with Gasteiger partial charge in [0.15, 0.2) is 18.8 Å². The van der Waals surface area contributed by atoms with Crippen molar-refractivity contribution >= 4 is 11.8 Å². The molecule has 3 aliphatic heterocycles. The average molecular weight is 817 g/mol. The zero-order valence-electron chi connectivity index (χ0n) is 32.4. The lowest BCUT2D eigenvalue weighted by molar-refractivity contribution is -0.346. The van der Waals surface area contributed by atoms with Crippen LogP contribution in [-0.2, 0) is 28.5 Å². The summed E-state index contributed by atoms with van der Waals surface area (Å²) in [6.45, 7) is 4.75. The molecule has 4 rings (SSSR count). The Labute approximate surface area is 329 Å². The fourth-order valence-electron chi connectivity index (χ4n) is 7.27. The molecule has 20 heteroatoms. The van der Waals surface area contributed by atoms with Crippen LogP contribution in [0.25, 0.3) is 0 Å². The number of H-pyrrole nitrogens is 1. The molecule has 1 aromatic heterocycles. The first-order valence-electron chi connectivity index (χ1n) is 19.6. The van der Waals surface area contributed by atoms with Crippen LogP contribution in [0.4, 0.5) is 0 Å². The Morgan fingerprint density at radius 3 is 2.05 bits per heavy atom. The van der Waals surface area contributed by atoms with E-state index in [9.17, 15) is 60.0 Å². The van der Waals surface area contributed by atoms with Crippen molar-refractivity contribution < 1.29 is 69.4 Å². The number of aliphatic hydroxyl groups excluding tert-OH is 8. The summed E-state index contributed by atoms with van der Waals surface area (Å²) in [4.78, 5) is 51.0. The molecule has 3 aliphatic rings. The van der Waals surface area contributed by atoms with Crippen LogP contribution in [0.15, 0.2) is 34.0 Å². The van der Waals surface area contributed by atoms with E-state index in [1.807, 2.05) is 4.98 Å². The lowest BCUT2D eigenvalue weighted by Crippen LogP contribution is -2.68. The third-order valence-corrected chi connectivity index (χ3v) is 10.5. The number of nitrogens with zero attached hydrogens (tertiary/aromatic N) is 1. The van der Waals surface area contributed by atoms with Crippen molar-refractivity contribution in [1.29, 1.82) is 0 Å². The number of aromatic amines is 1. The predicted octanol–water partition coefficient (Wildman–Crippen LogP) is -2.87. The van der Waals surface area contributed by atoms with E-state index < -0.39 is 128 Å². The molecule has 0 radical (unpaired) electrons. The van der Waals surface area contributed by atoms with E-state index in [4.69, 9.17) is 18.9 Å². The fourth-order valence-corrected chi connectivity index (χ4v) is 7.27. The van der Waals surface area contributed by atoms with Crippen LogP contribution in [0.3, 0.4) is 0 Å². The van der Waals surface area contributed by atoms with Gasteiger partial charge in [-0.3, -0.25) is 23.9 Å². The molecule has 0 saturated carbocycles. The summed E-state index contributed by atoms with van der Waals surface area (Å²) in [7, 11) is 0. The Morgan fingerprint density at radius 1 is 0.842 bits per heavy atom. The molecule has 15 atom stereocenters. The van der Waals surface area contributed by atoms with Gasteiger partial charge in [0.25, 0.3) is 5.56 Å². The summed E-state index contributed by atoms with van der Waals surface area (Å²) in [5, 5.41) is 91.3. The SMILES string of the molecule is CC(=O)N[C@@H]1[C@H](O[C@@H]2O[C@H](C[C@@H](O)[C@H]3O[C@@H](n4ccc(=O)[nH]c4=O)[C@H](O)[C@@H]3O)[C@H](O)[C@H](O)[C@H]2NC(=O)C=CCCCCCCCCC(C)C)O[C@@H](CO)[C@H](O)[C@H]1O. The third-order valence-electron chi connectivity index (χ3n) is 10.5. The zero-order chi connectivity index (χ0) is 42.0. The van der Waals surface area contributed by atoms with E-state index in [0.717, 1.165) is 49.4 Å². The molecule has 1 aromatic rings. The highest BCUT2D eigenvalue weighted by Gasteiger charge is 2.53.